The van der Waals surface area contributed by atoms with E-state index in [1.165, 1.54) is 12.1 Å². The molecule has 132 valence electrons. The van der Waals surface area contributed by atoms with Gasteiger partial charge >= 0.3 is 23.9 Å². The van der Waals surface area contributed by atoms with Gasteiger partial charge in [0.2, 0.25) is 0 Å². The Labute approximate surface area is 142 Å². The minimum absolute atomic E-state index is 0. The fourth-order valence-corrected chi connectivity index (χ4v) is 2.04. The number of hydrogen-bond acceptors (Lipinski definition) is 5. The van der Waals surface area contributed by atoms with Crippen molar-refractivity contribution in [1.29, 1.82) is 0 Å². The highest BCUT2D eigenvalue weighted by molar-refractivity contribution is 6.02. The lowest BCUT2D eigenvalue weighted by Gasteiger charge is -2.10. The topological polar surface area (TPSA) is 158 Å². The Morgan fingerprint density at radius 3 is 1.20 bits per heavy atom. The summed E-state index contributed by atoms with van der Waals surface area (Å²) in [4.78, 5) is 44.2. The van der Waals surface area contributed by atoms with Crippen molar-refractivity contribution in [3.8, 4) is 11.5 Å². The molecule has 9 heteroatoms. The first-order valence-electron chi connectivity index (χ1n) is 6.60. The Hall–Kier alpha value is -3.88. The van der Waals surface area contributed by atoms with Gasteiger partial charge in [0.05, 0.1) is 22.3 Å². The lowest BCUT2D eigenvalue weighted by molar-refractivity contribution is 0.0651. The Bertz CT molecular complexity index is 835. The summed E-state index contributed by atoms with van der Waals surface area (Å²) < 4.78 is 5.32. The highest BCUT2D eigenvalue weighted by atomic mass is 16.5. The van der Waals surface area contributed by atoms with Crippen LogP contribution in [0.5, 0.6) is 11.5 Å². The van der Waals surface area contributed by atoms with Crippen LogP contribution in [-0.4, -0.2) is 44.3 Å². The van der Waals surface area contributed by atoms with Crippen molar-refractivity contribution in [2.45, 2.75) is 0 Å². The van der Waals surface area contributed by atoms with E-state index in [9.17, 15) is 19.2 Å². The Balaban J connectivity index is 0.00000338. The van der Waals surface area contributed by atoms with Gasteiger partial charge in [-0.2, -0.15) is 0 Å². The first-order valence-corrected chi connectivity index (χ1v) is 6.60. The molecule has 2 rings (SSSR count). The molecular formula is C16H14O9. The third-order valence-corrected chi connectivity index (χ3v) is 3.14. The highest BCUT2D eigenvalue weighted by Gasteiger charge is 2.19. The first kappa shape index (κ1) is 17.5. The van der Waals surface area contributed by atoms with Crippen molar-refractivity contribution in [1.82, 2.24) is 0 Å². The molecule has 0 spiro atoms. The second-order valence-electron chi connectivity index (χ2n) is 4.74. The van der Waals surface area contributed by atoms with Gasteiger partial charge in [-0.25, -0.2) is 19.2 Å². The summed E-state index contributed by atoms with van der Waals surface area (Å²) >= 11 is 0. The molecule has 0 bridgehead atoms. The summed E-state index contributed by atoms with van der Waals surface area (Å²) in [6, 6.07) is 6.40. The maximum Gasteiger partial charge on any atom is 0.336 e. The second-order valence-corrected chi connectivity index (χ2v) is 4.74. The van der Waals surface area contributed by atoms with Crippen LogP contribution in [-0.2, 0) is 0 Å². The van der Waals surface area contributed by atoms with Gasteiger partial charge in [0, 0.05) is 2.85 Å². The summed E-state index contributed by atoms with van der Waals surface area (Å²) in [7, 11) is 0. The van der Waals surface area contributed by atoms with Crippen molar-refractivity contribution in [2.24, 2.45) is 0 Å². The summed E-state index contributed by atoms with van der Waals surface area (Å²) in [6.45, 7) is 0. The molecule has 0 aromatic heterocycles. The van der Waals surface area contributed by atoms with E-state index in [0.717, 1.165) is 24.3 Å². The fraction of sp³-hybridized carbons (Fsp3) is 0. The van der Waals surface area contributed by atoms with Gasteiger partial charge in [0.1, 0.15) is 11.5 Å². The lowest BCUT2D eigenvalue weighted by atomic mass is 10.1. The average Bonchev–Trinajstić information content (AvgIpc) is 2.54. The third kappa shape index (κ3) is 3.72. The van der Waals surface area contributed by atoms with Crippen LogP contribution in [0, 0.1) is 0 Å². The van der Waals surface area contributed by atoms with Gasteiger partial charge in [-0.05, 0) is 36.4 Å². The minimum Gasteiger partial charge on any atom is -0.478 e. The number of carboxylic acids is 4. The van der Waals surface area contributed by atoms with Gasteiger partial charge in [0.25, 0.3) is 0 Å². The Kier molecular flexibility index (Phi) is 4.69. The molecule has 4 N–H and O–H groups in total. The van der Waals surface area contributed by atoms with Crippen molar-refractivity contribution >= 4 is 23.9 Å². The summed E-state index contributed by atoms with van der Waals surface area (Å²) in [5, 5.41) is 36.0. The van der Waals surface area contributed by atoms with Crippen molar-refractivity contribution < 1.29 is 47.2 Å². The molecule has 0 radical (unpaired) electrons. The zero-order valence-electron chi connectivity index (χ0n) is 12.3. The predicted octanol–water partition coefficient (Wildman–Crippen LogP) is 2.76. The largest absolute Gasteiger partial charge is 0.478 e. The van der Waals surface area contributed by atoms with E-state index in [4.69, 9.17) is 25.2 Å². The van der Waals surface area contributed by atoms with E-state index in [-0.39, 0.29) is 14.4 Å². The molecule has 0 heterocycles. The molecule has 0 aliphatic heterocycles. The van der Waals surface area contributed by atoms with Gasteiger partial charge < -0.3 is 25.2 Å². The summed E-state index contributed by atoms with van der Waals surface area (Å²) in [5.41, 5.74) is -1.89. The van der Waals surface area contributed by atoms with E-state index in [1.54, 1.807) is 0 Å². The molecular weight excluding hydrogens is 336 g/mol. The van der Waals surface area contributed by atoms with Crippen LogP contribution < -0.4 is 4.74 Å². The number of benzene rings is 2. The number of hydrogen-bond donors (Lipinski definition) is 4. The van der Waals surface area contributed by atoms with E-state index < -0.39 is 46.1 Å². The molecule has 0 saturated heterocycles. The number of ether oxygens (including phenoxy) is 1. The van der Waals surface area contributed by atoms with Crippen LogP contribution in [0.3, 0.4) is 0 Å². The van der Waals surface area contributed by atoms with Crippen molar-refractivity contribution in [3.63, 3.8) is 0 Å². The van der Waals surface area contributed by atoms with E-state index in [2.05, 4.69) is 0 Å². The Morgan fingerprint density at radius 1 is 0.600 bits per heavy atom. The number of carbonyl (C=O) groups is 4. The number of carboxylic acid groups (broad SMARTS) is 4. The van der Waals surface area contributed by atoms with Crippen LogP contribution in [0.2, 0.25) is 0 Å². The van der Waals surface area contributed by atoms with Crippen LogP contribution in [0.4, 0.5) is 0 Å². The van der Waals surface area contributed by atoms with Gasteiger partial charge in [-0.3, -0.25) is 0 Å². The van der Waals surface area contributed by atoms with Crippen LogP contribution in [0.15, 0.2) is 36.4 Å². The minimum atomic E-state index is -1.48. The SMILES string of the molecule is O=C(O)c1ccc(Oc2ccc(C(=O)O)c(C(=O)O)c2)cc1C(=O)O.[HH].[HH]. The average molecular weight is 350 g/mol. The molecule has 2 aromatic carbocycles. The highest BCUT2D eigenvalue weighted by Crippen LogP contribution is 2.26. The quantitative estimate of drug-likeness (QED) is 0.614. The maximum absolute atomic E-state index is 11.1. The summed E-state index contributed by atoms with van der Waals surface area (Å²) in [6.07, 6.45) is 0. The molecule has 25 heavy (non-hydrogen) atoms. The molecule has 0 amide bonds. The monoisotopic (exact) mass is 350 g/mol. The van der Waals surface area contributed by atoms with Crippen molar-refractivity contribution in [3.05, 3.63) is 58.7 Å². The molecule has 0 saturated carbocycles. The second kappa shape index (κ2) is 6.71. The van der Waals surface area contributed by atoms with Crippen LogP contribution in [0.1, 0.15) is 44.3 Å². The van der Waals surface area contributed by atoms with Crippen molar-refractivity contribution in [2.75, 3.05) is 0 Å². The molecule has 0 aliphatic carbocycles. The maximum atomic E-state index is 11.1. The molecule has 0 unspecified atom stereocenters. The number of rotatable bonds is 6. The first-order chi connectivity index (χ1) is 11.7. The van der Waals surface area contributed by atoms with E-state index in [1.807, 2.05) is 0 Å². The molecule has 2 aromatic rings. The lowest BCUT2D eigenvalue weighted by Crippen LogP contribution is -2.09. The van der Waals surface area contributed by atoms with E-state index >= 15 is 0 Å². The van der Waals surface area contributed by atoms with Gasteiger partial charge in [-0.1, -0.05) is 0 Å². The zero-order valence-corrected chi connectivity index (χ0v) is 12.3. The standard InChI is InChI=1S/C16H10O9.2H2/c17-13(18)9-3-1-7(5-11(9)15(21)22)25-8-2-4-10(14(19)20)12(6-8)16(23)24;;/h1-6H,(H,17,18)(H,19,20)(H,21,22)(H,23,24);2*1H. The molecule has 0 fully saturated rings. The Morgan fingerprint density at radius 2 is 0.920 bits per heavy atom. The molecule has 0 aliphatic rings. The van der Waals surface area contributed by atoms with Crippen LogP contribution >= 0.6 is 0 Å². The molecule has 0 atom stereocenters. The summed E-state index contributed by atoms with van der Waals surface area (Å²) in [5.74, 6) is -5.92. The normalized spacial score (nSPS) is 10.1. The van der Waals surface area contributed by atoms with Gasteiger partial charge in [0.15, 0.2) is 0 Å². The molecule has 9 nitrogen and oxygen atoms in total. The fourth-order valence-electron chi connectivity index (χ4n) is 2.04. The van der Waals surface area contributed by atoms with Crippen LogP contribution in [0.25, 0.3) is 0 Å². The van der Waals surface area contributed by atoms with E-state index in [0.29, 0.717) is 0 Å². The smallest absolute Gasteiger partial charge is 0.336 e. The van der Waals surface area contributed by atoms with Gasteiger partial charge in [-0.15, -0.1) is 0 Å². The predicted molar refractivity (Wildman–Crippen MR) is 85.0 cm³/mol. The third-order valence-electron chi connectivity index (χ3n) is 3.14. The zero-order chi connectivity index (χ0) is 18.7. The number of aromatic carboxylic acids is 4.